The van der Waals surface area contributed by atoms with Crippen LogP contribution in [0.2, 0.25) is 0 Å². The molecule has 1 fully saturated rings. The van der Waals surface area contributed by atoms with Gasteiger partial charge in [0.25, 0.3) is 0 Å². The maximum Gasteiger partial charge on any atom is 0.245 e. The van der Waals surface area contributed by atoms with Gasteiger partial charge in [0.1, 0.15) is 6.61 Å². The molecule has 2 amide bonds. The standard InChI is InChI=1S/C14H18N2O3/c1-19-10-13(17)15-8-11-7-14(18)16(9-11)12-5-3-2-4-6-12/h2-6,11H,7-10H2,1H3,(H,15,17)/t11-/m1/s1. The Hall–Kier alpha value is -1.88. The molecule has 0 aliphatic carbocycles. The van der Waals surface area contributed by atoms with Crippen LogP contribution in [0.15, 0.2) is 30.3 Å². The van der Waals surface area contributed by atoms with Crippen molar-refractivity contribution in [3.05, 3.63) is 30.3 Å². The van der Waals surface area contributed by atoms with Gasteiger partial charge in [-0.3, -0.25) is 9.59 Å². The third-order valence-corrected chi connectivity index (χ3v) is 3.14. The van der Waals surface area contributed by atoms with Crippen LogP contribution in [0.3, 0.4) is 0 Å². The first kappa shape index (κ1) is 13.5. The van der Waals surface area contributed by atoms with E-state index in [1.54, 1.807) is 4.90 Å². The van der Waals surface area contributed by atoms with Crippen molar-refractivity contribution in [1.29, 1.82) is 0 Å². The molecule has 19 heavy (non-hydrogen) atoms. The molecular weight excluding hydrogens is 244 g/mol. The molecule has 1 N–H and O–H groups in total. The summed E-state index contributed by atoms with van der Waals surface area (Å²) in [6.45, 7) is 1.22. The van der Waals surface area contributed by atoms with Gasteiger partial charge in [-0.1, -0.05) is 18.2 Å². The number of para-hydroxylation sites is 1. The number of amides is 2. The summed E-state index contributed by atoms with van der Waals surface area (Å²) in [7, 11) is 1.48. The summed E-state index contributed by atoms with van der Waals surface area (Å²) in [5.74, 6) is 0.124. The zero-order chi connectivity index (χ0) is 13.7. The van der Waals surface area contributed by atoms with Crippen molar-refractivity contribution in [2.24, 2.45) is 5.92 Å². The molecule has 5 heteroatoms. The molecule has 1 aliphatic rings. The first-order valence-electron chi connectivity index (χ1n) is 6.31. The fourth-order valence-corrected chi connectivity index (χ4v) is 2.22. The van der Waals surface area contributed by atoms with Crippen molar-refractivity contribution in [3.63, 3.8) is 0 Å². The van der Waals surface area contributed by atoms with Crippen LogP contribution < -0.4 is 10.2 Å². The lowest BCUT2D eigenvalue weighted by Crippen LogP contribution is -2.33. The van der Waals surface area contributed by atoms with Gasteiger partial charge < -0.3 is 15.0 Å². The lowest BCUT2D eigenvalue weighted by Gasteiger charge is -2.16. The average Bonchev–Trinajstić information content (AvgIpc) is 2.79. The molecule has 1 atom stereocenters. The van der Waals surface area contributed by atoms with Gasteiger partial charge in [-0.05, 0) is 12.1 Å². The van der Waals surface area contributed by atoms with E-state index < -0.39 is 0 Å². The summed E-state index contributed by atoms with van der Waals surface area (Å²) in [5.41, 5.74) is 0.915. The highest BCUT2D eigenvalue weighted by Gasteiger charge is 2.30. The smallest absolute Gasteiger partial charge is 0.245 e. The number of carbonyl (C=O) groups is 2. The van der Waals surface area contributed by atoms with Gasteiger partial charge in [-0.15, -0.1) is 0 Å². The number of ether oxygens (including phenoxy) is 1. The number of hydrogen-bond acceptors (Lipinski definition) is 3. The quantitative estimate of drug-likeness (QED) is 0.854. The fourth-order valence-electron chi connectivity index (χ4n) is 2.22. The van der Waals surface area contributed by atoms with E-state index in [-0.39, 0.29) is 24.3 Å². The van der Waals surface area contributed by atoms with Crippen LogP contribution in [-0.4, -0.2) is 38.6 Å². The summed E-state index contributed by atoms with van der Waals surface area (Å²) >= 11 is 0. The van der Waals surface area contributed by atoms with Gasteiger partial charge >= 0.3 is 0 Å². The molecule has 0 bridgehead atoms. The van der Waals surface area contributed by atoms with Crippen LogP contribution in [0.25, 0.3) is 0 Å². The second-order valence-corrected chi connectivity index (χ2v) is 4.65. The summed E-state index contributed by atoms with van der Waals surface area (Å²) < 4.78 is 4.74. The zero-order valence-electron chi connectivity index (χ0n) is 11.0. The monoisotopic (exact) mass is 262 g/mol. The molecule has 0 spiro atoms. The van der Waals surface area contributed by atoms with E-state index in [1.807, 2.05) is 30.3 Å². The number of methoxy groups -OCH3 is 1. The second-order valence-electron chi connectivity index (χ2n) is 4.65. The topological polar surface area (TPSA) is 58.6 Å². The summed E-state index contributed by atoms with van der Waals surface area (Å²) in [6, 6.07) is 9.59. The summed E-state index contributed by atoms with van der Waals surface area (Å²) in [6.07, 6.45) is 0.474. The molecular formula is C14H18N2O3. The molecule has 0 radical (unpaired) electrons. The Morgan fingerprint density at radius 2 is 2.16 bits per heavy atom. The normalized spacial score (nSPS) is 18.7. The molecule has 1 saturated heterocycles. The highest BCUT2D eigenvalue weighted by Crippen LogP contribution is 2.24. The van der Waals surface area contributed by atoms with E-state index in [4.69, 9.17) is 4.74 Å². The number of nitrogens with zero attached hydrogens (tertiary/aromatic N) is 1. The van der Waals surface area contributed by atoms with Gasteiger partial charge in [0, 0.05) is 38.2 Å². The molecule has 1 aliphatic heterocycles. The molecule has 5 nitrogen and oxygen atoms in total. The minimum absolute atomic E-state index is 0.0586. The molecule has 1 aromatic rings. The number of nitrogens with one attached hydrogen (secondary N) is 1. The van der Waals surface area contributed by atoms with Crippen molar-refractivity contribution in [2.45, 2.75) is 6.42 Å². The van der Waals surface area contributed by atoms with Gasteiger partial charge in [0.2, 0.25) is 11.8 Å². The van der Waals surface area contributed by atoms with Crippen LogP contribution >= 0.6 is 0 Å². The van der Waals surface area contributed by atoms with E-state index in [9.17, 15) is 9.59 Å². The van der Waals surface area contributed by atoms with E-state index in [0.29, 0.717) is 19.5 Å². The Balaban J connectivity index is 1.88. The van der Waals surface area contributed by atoms with Crippen molar-refractivity contribution < 1.29 is 14.3 Å². The lowest BCUT2D eigenvalue weighted by molar-refractivity contribution is -0.125. The predicted octanol–water partition coefficient (Wildman–Crippen LogP) is 0.802. The predicted molar refractivity (Wildman–Crippen MR) is 71.8 cm³/mol. The second kappa shape index (κ2) is 6.33. The molecule has 1 aromatic carbocycles. The zero-order valence-corrected chi connectivity index (χ0v) is 11.0. The number of carbonyl (C=O) groups excluding carboxylic acids is 2. The van der Waals surface area contributed by atoms with Crippen LogP contribution in [0.4, 0.5) is 5.69 Å². The van der Waals surface area contributed by atoms with Crippen LogP contribution in [0.1, 0.15) is 6.42 Å². The Morgan fingerprint density at radius 1 is 1.42 bits per heavy atom. The van der Waals surface area contributed by atoms with Gasteiger partial charge in [-0.25, -0.2) is 0 Å². The van der Waals surface area contributed by atoms with Gasteiger partial charge in [0.05, 0.1) is 0 Å². The summed E-state index contributed by atoms with van der Waals surface area (Å²) in [4.78, 5) is 25.0. The third-order valence-electron chi connectivity index (χ3n) is 3.14. The van der Waals surface area contributed by atoms with Crippen molar-refractivity contribution in [1.82, 2.24) is 5.32 Å². The maximum atomic E-state index is 11.9. The highest BCUT2D eigenvalue weighted by atomic mass is 16.5. The molecule has 0 unspecified atom stereocenters. The minimum atomic E-state index is -0.145. The van der Waals surface area contributed by atoms with E-state index >= 15 is 0 Å². The van der Waals surface area contributed by atoms with Gasteiger partial charge in [-0.2, -0.15) is 0 Å². The Morgan fingerprint density at radius 3 is 2.84 bits per heavy atom. The first-order valence-corrected chi connectivity index (χ1v) is 6.31. The van der Waals surface area contributed by atoms with E-state index in [1.165, 1.54) is 7.11 Å². The summed E-state index contributed by atoms with van der Waals surface area (Å²) in [5, 5.41) is 2.78. The largest absolute Gasteiger partial charge is 0.375 e. The average molecular weight is 262 g/mol. The van der Waals surface area contributed by atoms with E-state index in [2.05, 4.69) is 5.32 Å². The maximum absolute atomic E-state index is 11.9. The van der Waals surface area contributed by atoms with E-state index in [0.717, 1.165) is 5.69 Å². The highest BCUT2D eigenvalue weighted by molar-refractivity contribution is 5.95. The van der Waals surface area contributed by atoms with Crippen molar-refractivity contribution >= 4 is 17.5 Å². The minimum Gasteiger partial charge on any atom is -0.375 e. The molecule has 1 heterocycles. The molecule has 2 rings (SSSR count). The molecule has 0 aromatic heterocycles. The number of anilines is 1. The third kappa shape index (κ3) is 3.54. The number of benzene rings is 1. The van der Waals surface area contributed by atoms with Gasteiger partial charge in [0.15, 0.2) is 0 Å². The first-order chi connectivity index (χ1) is 9.20. The Bertz CT molecular complexity index is 447. The van der Waals surface area contributed by atoms with Crippen molar-refractivity contribution in [3.8, 4) is 0 Å². The fraction of sp³-hybridized carbons (Fsp3) is 0.429. The van der Waals surface area contributed by atoms with Crippen LogP contribution in [0.5, 0.6) is 0 Å². The molecule has 0 saturated carbocycles. The SMILES string of the molecule is COCC(=O)NC[C@H]1CC(=O)N(c2ccccc2)C1. The lowest BCUT2D eigenvalue weighted by atomic mass is 10.1. The number of rotatable bonds is 5. The van der Waals surface area contributed by atoms with Crippen LogP contribution in [0, 0.1) is 5.92 Å². The Kier molecular flexibility index (Phi) is 4.52. The molecule has 102 valence electrons. The Labute approximate surface area is 112 Å². The van der Waals surface area contributed by atoms with Crippen LogP contribution in [-0.2, 0) is 14.3 Å². The van der Waals surface area contributed by atoms with Crippen molar-refractivity contribution in [2.75, 3.05) is 31.7 Å². The number of hydrogen-bond donors (Lipinski definition) is 1.